The van der Waals surface area contributed by atoms with Crippen molar-refractivity contribution in [3.05, 3.63) is 57.0 Å². The highest BCUT2D eigenvalue weighted by Crippen LogP contribution is 2.28. The number of aryl methyl sites for hydroxylation is 2. The number of thiophene rings is 1. The van der Waals surface area contributed by atoms with Crippen LogP contribution in [0.5, 0.6) is 0 Å². The second-order valence-corrected chi connectivity index (χ2v) is 5.04. The normalized spacial score (nSPS) is 12.7. The molecule has 0 saturated heterocycles. The number of halogens is 1. The fourth-order valence-electron chi connectivity index (χ4n) is 2.10. The van der Waals surface area contributed by atoms with E-state index in [1.807, 2.05) is 20.0 Å². The Morgan fingerprint density at radius 2 is 1.94 bits per heavy atom. The molecule has 0 bridgehead atoms. The van der Waals surface area contributed by atoms with Crippen LogP contribution < -0.4 is 5.32 Å². The molecule has 1 unspecified atom stereocenters. The van der Waals surface area contributed by atoms with E-state index in [4.69, 9.17) is 0 Å². The largest absolute Gasteiger partial charge is 0.309 e. The highest BCUT2D eigenvalue weighted by Gasteiger charge is 2.15. The van der Waals surface area contributed by atoms with Gasteiger partial charge in [0, 0.05) is 0 Å². The van der Waals surface area contributed by atoms with Crippen LogP contribution in [0.25, 0.3) is 0 Å². The molecular weight excluding hydrogens is 233 g/mol. The lowest BCUT2D eigenvalue weighted by molar-refractivity contribution is 0.615. The van der Waals surface area contributed by atoms with Gasteiger partial charge in [0.15, 0.2) is 0 Å². The smallest absolute Gasteiger partial charge is 0.123 e. The molecule has 1 aromatic heterocycles. The van der Waals surface area contributed by atoms with Crippen LogP contribution in [0.1, 0.15) is 28.3 Å². The molecular formula is C14H16FNS. The van der Waals surface area contributed by atoms with Crippen LogP contribution in [0.3, 0.4) is 0 Å². The minimum atomic E-state index is -0.173. The van der Waals surface area contributed by atoms with E-state index in [1.165, 1.54) is 11.1 Å². The summed E-state index contributed by atoms with van der Waals surface area (Å²) in [5, 5.41) is 7.49. The fraction of sp³-hybridized carbons (Fsp3) is 0.286. The number of hydrogen-bond acceptors (Lipinski definition) is 2. The minimum absolute atomic E-state index is 0.0654. The van der Waals surface area contributed by atoms with Crippen molar-refractivity contribution in [2.24, 2.45) is 0 Å². The highest BCUT2D eigenvalue weighted by molar-refractivity contribution is 7.08. The molecule has 0 spiro atoms. The molecule has 17 heavy (non-hydrogen) atoms. The third kappa shape index (κ3) is 2.56. The van der Waals surface area contributed by atoms with Gasteiger partial charge < -0.3 is 5.32 Å². The molecule has 1 nitrogen and oxygen atoms in total. The van der Waals surface area contributed by atoms with E-state index >= 15 is 0 Å². The second-order valence-electron chi connectivity index (χ2n) is 4.29. The van der Waals surface area contributed by atoms with Crippen LogP contribution in [-0.2, 0) is 0 Å². The quantitative estimate of drug-likeness (QED) is 0.872. The topological polar surface area (TPSA) is 12.0 Å². The summed E-state index contributed by atoms with van der Waals surface area (Å²) in [6.45, 7) is 4.00. The van der Waals surface area contributed by atoms with Gasteiger partial charge in [0.25, 0.3) is 0 Å². The summed E-state index contributed by atoms with van der Waals surface area (Å²) in [5.74, 6) is -0.173. The lowest BCUT2D eigenvalue weighted by Gasteiger charge is -2.17. The van der Waals surface area contributed by atoms with Crippen LogP contribution in [0.4, 0.5) is 4.39 Å². The molecule has 0 radical (unpaired) electrons. The van der Waals surface area contributed by atoms with Gasteiger partial charge in [-0.05, 0) is 66.0 Å². The first-order valence-corrected chi connectivity index (χ1v) is 6.53. The summed E-state index contributed by atoms with van der Waals surface area (Å²) in [6.07, 6.45) is 0. The van der Waals surface area contributed by atoms with Crippen LogP contribution in [0.15, 0.2) is 29.0 Å². The zero-order valence-electron chi connectivity index (χ0n) is 10.3. The Morgan fingerprint density at radius 3 is 2.47 bits per heavy atom. The molecule has 1 aromatic carbocycles. The van der Waals surface area contributed by atoms with Crippen molar-refractivity contribution < 1.29 is 4.39 Å². The van der Waals surface area contributed by atoms with Gasteiger partial charge in [-0.3, -0.25) is 0 Å². The fourth-order valence-corrected chi connectivity index (χ4v) is 2.98. The van der Waals surface area contributed by atoms with Gasteiger partial charge >= 0.3 is 0 Å². The van der Waals surface area contributed by atoms with Gasteiger partial charge in [0.05, 0.1) is 6.04 Å². The molecule has 2 rings (SSSR count). The molecule has 1 heterocycles. The van der Waals surface area contributed by atoms with E-state index in [-0.39, 0.29) is 11.9 Å². The molecule has 0 aliphatic heterocycles. The van der Waals surface area contributed by atoms with Gasteiger partial charge in [-0.25, -0.2) is 4.39 Å². The summed E-state index contributed by atoms with van der Waals surface area (Å²) in [6, 6.07) is 5.25. The minimum Gasteiger partial charge on any atom is -0.309 e. The number of benzene rings is 1. The first-order valence-electron chi connectivity index (χ1n) is 5.59. The maximum atomic E-state index is 13.4. The van der Waals surface area contributed by atoms with Gasteiger partial charge in [-0.1, -0.05) is 6.07 Å². The standard InChI is InChI=1S/C14H16FNS/c1-9-4-11(6-12(15)5-9)14(16-3)13-8-17-7-10(13)2/h4-8,14,16H,1-3H3. The van der Waals surface area contributed by atoms with Gasteiger partial charge in [0.1, 0.15) is 5.82 Å². The summed E-state index contributed by atoms with van der Waals surface area (Å²) in [5.41, 5.74) is 4.40. The lowest BCUT2D eigenvalue weighted by Crippen LogP contribution is -2.18. The molecule has 0 aliphatic rings. The third-order valence-corrected chi connectivity index (χ3v) is 3.77. The van der Waals surface area contributed by atoms with Crippen molar-refractivity contribution in [3.8, 4) is 0 Å². The van der Waals surface area contributed by atoms with Crippen molar-refractivity contribution in [1.82, 2.24) is 5.32 Å². The van der Waals surface area contributed by atoms with E-state index in [9.17, 15) is 4.39 Å². The average Bonchev–Trinajstić information content (AvgIpc) is 2.65. The van der Waals surface area contributed by atoms with E-state index in [1.54, 1.807) is 23.5 Å². The molecule has 3 heteroatoms. The lowest BCUT2D eigenvalue weighted by atomic mass is 9.97. The average molecular weight is 249 g/mol. The number of rotatable bonds is 3. The zero-order valence-corrected chi connectivity index (χ0v) is 11.1. The maximum absolute atomic E-state index is 13.4. The summed E-state index contributed by atoms with van der Waals surface area (Å²) in [7, 11) is 1.90. The van der Waals surface area contributed by atoms with E-state index in [2.05, 4.69) is 23.0 Å². The van der Waals surface area contributed by atoms with Gasteiger partial charge in [-0.2, -0.15) is 11.3 Å². The van der Waals surface area contributed by atoms with Gasteiger partial charge in [-0.15, -0.1) is 0 Å². The predicted octanol–water partition coefficient (Wildman–Crippen LogP) is 3.81. The molecule has 90 valence electrons. The molecule has 0 aliphatic carbocycles. The molecule has 0 saturated carbocycles. The van der Waals surface area contributed by atoms with Crippen LogP contribution in [0.2, 0.25) is 0 Å². The SMILES string of the molecule is CNC(c1cc(C)cc(F)c1)c1cscc1C. The summed E-state index contributed by atoms with van der Waals surface area (Å²) < 4.78 is 13.4. The monoisotopic (exact) mass is 249 g/mol. The Morgan fingerprint density at radius 1 is 1.18 bits per heavy atom. The molecule has 2 aromatic rings. The second kappa shape index (κ2) is 4.98. The first-order chi connectivity index (χ1) is 8.11. The Hall–Kier alpha value is -1.19. The van der Waals surface area contributed by atoms with Crippen molar-refractivity contribution in [2.75, 3.05) is 7.05 Å². The van der Waals surface area contributed by atoms with Crippen LogP contribution >= 0.6 is 11.3 Å². The Bertz CT molecular complexity index is 498. The van der Waals surface area contributed by atoms with Gasteiger partial charge in [0.2, 0.25) is 0 Å². The predicted molar refractivity (Wildman–Crippen MR) is 71.1 cm³/mol. The van der Waals surface area contributed by atoms with Crippen LogP contribution in [-0.4, -0.2) is 7.05 Å². The number of nitrogens with one attached hydrogen (secondary N) is 1. The molecule has 1 N–H and O–H groups in total. The highest BCUT2D eigenvalue weighted by atomic mass is 32.1. The van der Waals surface area contributed by atoms with Crippen molar-refractivity contribution in [2.45, 2.75) is 19.9 Å². The van der Waals surface area contributed by atoms with Crippen LogP contribution in [0, 0.1) is 19.7 Å². The molecule has 0 amide bonds. The third-order valence-electron chi connectivity index (χ3n) is 2.89. The van der Waals surface area contributed by atoms with Crippen molar-refractivity contribution >= 4 is 11.3 Å². The Balaban J connectivity index is 2.45. The van der Waals surface area contributed by atoms with E-state index in [0.29, 0.717) is 0 Å². The molecule has 0 fully saturated rings. The summed E-state index contributed by atoms with van der Waals surface area (Å²) >= 11 is 1.68. The van der Waals surface area contributed by atoms with E-state index in [0.717, 1.165) is 11.1 Å². The van der Waals surface area contributed by atoms with Crippen molar-refractivity contribution in [3.63, 3.8) is 0 Å². The van der Waals surface area contributed by atoms with Crippen molar-refractivity contribution in [1.29, 1.82) is 0 Å². The zero-order chi connectivity index (χ0) is 12.4. The Kier molecular flexibility index (Phi) is 3.60. The Labute approximate surface area is 105 Å². The molecule has 1 atom stereocenters. The maximum Gasteiger partial charge on any atom is 0.123 e. The number of hydrogen-bond donors (Lipinski definition) is 1. The summed E-state index contributed by atoms with van der Waals surface area (Å²) in [4.78, 5) is 0. The first kappa shape index (κ1) is 12.3. The van der Waals surface area contributed by atoms with E-state index < -0.39 is 0 Å².